The molecule has 0 saturated carbocycles. The van der Waals surface area contributed by atoms with Crippen LogP contribution in [-0.2, 0) is 4.74 Å². The van der Waals surface area contributed by atoms with Crippen LogP contribution in [0.1, 0.15) is 23.2 Å². The standard InChI is InChI=1S/C13H18ClNO2S/c1-17-13(16)10-5-6-11(14)12(9-10)15-7-3-4-8-18-2/h5-6,9,15H,3-4,7-8H2,1-2H3. The lowest BCUT2D eigenvalue weighted by atomic mass is 10.2. The average Bonchev–Trinajstić information content (AvgIpc) is 2.39. The fraction of sp³-hybridized carbons (Fsp3) is 0.462. The molecule has 0 heterocycles. The van der Waals surface area contributed by atoms with Crippen LogP contribution in [0.25, 0.3) is 0 Å². The van der Waals surface area contributed by atoms with Gasteiger partial charge in [-0.2, -0.15) is 11.8 Å². The van der Waals surface area contributed by atoms with E-state index in [9.17, 15) is 4.79 Å². The van der Waals surface area contributed by atoms with E-state index >= 15 is 0 Å². The number of anilines is 1. The highest BCUT2D eigenvalue weighted by atomic mass is 35.5. The molecule has 18 heavy (non-hydrogen) atoms. The Bertz CT molecular complexity index is 399. The second-order valence-electron chi connectivity index (χ2n) is 3.81. The SMILES string of the molecule is COC(=O)c1ccc(Cl)c(NCCCCSC)c1. The Kier molecular flexibility index (Phi) is 6.98. The first-order valence-corrected chi connectivity index (χ1v) is 7.57. The Morgan fingerprint density at radius 1 is 1.44 bits per heavy atom. The van der Waals surface area contributed by atoms with Gasteiger partial charge in [-0.05, 0) is 43.0 Å². The Balaban J connectivity index is 2.56. The number of unbranched alkanes of at least 4 members (excludes halogenated alkanes) is 1. The van der Waals surface area contributed by atoms with Crippen LogP contribution >= 0.6 is 23.4 Å². The summed E-state index contributed by atoms with van der Waals surface area (Å²) in [5, 5.41) is 3.86. The van der Waals surface area contributed by atoms with Gasteiger partial charge in [0.25, 0.3) is 0 Å². The highest BCUT2D eigenvalue weighted by Gasteiger charge is 2.08. The van der Waals surface area contributed by atoms with Crippen molar-refractivity contribution < 1.29 is 9.53 Å². The number of hydrogen-bond donors (Lipinski definition) is 1. The molecule has 5 heteroatoms. The number of hydrogen-bond acceptors (Lipinski definition) is 4. The molecule has 1 N–H and O–H groups in total. The second kappa shape index (κ2) is 8.27. The summed E-state index contributed by atoms with van der Waals surface area (Å²) in [6.45, 7) is 0.852. The molecule has 0 radical (unpaired) electrons. The minimum Gasteiger partial charge on any atom is -0.465 e. The molecule has 0 aliphatic rings. The zero-order chi connectivity index (χ0) is 13.4. The number of esters is 1. The molecule has 0 bridgehead atoms. The van der Waals surface area contributed by atoms with Crippen molar-refractivity contribution in [3.63, 3.8) is 0 Å². The molecule has 1 aromatic carbocycles. The maximum Gasteiger partial charge on any atom is 0.337 e. The number of halogens is 1. The van der Waals surface area contributed by atoms with Gasteiger partial charge in [0.2, 0.25) is 0 Å². The third kappa shape index (κ3) is 4.78. The monoisotopic (exact) mass is 287 g/mol. The fourth-order valence-corrected chi connectivity index (χ4v) is 2.18. The van der Waals surface area contributed by atoms with Gasteiger partial charge in [0.1, 0.15) is 0 Å². The van der Waals surface area contributed by atoms with Crippen molar-refractivity contribution in [1.29, 1.82) is 0 Å². The van der Waals surface area contributed by atoms with Crippen LogP contribution in [0.4, 0.5) is 5.69 Å². The third-order valence-corrected chi connectivity index (χ3v) is 3.50. The molecule has 0 spiro atoms. The molecular formula is C13H18ClNO2S. The summed E-state index contributed by atoms with van der Waals surface area (Å²) in [5.74, 6) is 0.814. The number of thioether (sulfide) groups is 1. The van der Waals surface area contributed by atoms with Crippen LogP contribution in [0.3, 0.4) is 0 Å². The molecule has 0 aliphatic carbocycles. The number of benzene rings is 1. The first kappa shape index (κ1) is 15.2. The van der Waals surface area contributed by atoms with Gasteiger partial charge in [0.15, 0.2) is 0 Å². The normalized spacial score (nSPS) is 10.2. The lowest BCUT2D eigenvalue weighted by molar-refractivity contribution is 0.0601. The summed E-state index contributed by atoms with van der Waals surface area (Å²) < 4.78 is 4.68. The van der Waals surface area contributed by atoms with Gasteiger partial charge in [-0.25, -0.2) is 4.79 Å². The topological polar surface area (TPSA) is 38.3 Å². The second-order valence-corrected chi connectivity index (χ2v) is 5.21. The molecule has 0 unspecified atom stereocenters. The van der Waals surface area contributed by atoms with E-state index in [1.807, 2.05) is 11.8 Å². The molecule has 0 aromatic heterocycles. The van der Waals surface area contributed by atoms with Crippen LogP contribution in [0.5, 0.6) is 0 Å². The van der Waals surface area contributed by atoms with Crippen LogP contribution in [0.2, 0.25) is 5.02 Å². The molecule has 0 fully saturated rings. The minimum atomic E-state index is -0.350. The lowest BCUT2D eigenvalue weighted by Gasteiger charge is -2.09. The Morgan fingerprint density at radius 3 is 2.89 bits per heavy atom. The summed E-state index contributed by atoms with van der Waals surface area (Å²) in [6.07, 6.45) is 4.35. The highest BCUT2D eigenvalue weighted by Crippen LogP contribution is 2.23. The van der Waals surface area contributed by atoms with Gasteiger partial charge in [-0.1, -0.05) is 11.6 Å². The Hall–Kier alpha value is -0.870. The van der Waals surface area contributed by atoms with Crippen molar-refractivity contribution in [3.05, 3.63) is 28.8 Å². The zero-order valence-corrected chi connectivity index (χ0v) is 12.2. The van der Waals surface area contributed by atoms with E-state index in [1.165, 1.54) is 13.5 Å². The van der Waals surface area contributed by atoms with E-state index in [1.54, 1.807) is 18.2 Å². The smallest absolute Gasteiger partial charge is 0.337 e. The molecule has 0 amide bonds. The lowest BCUT2D eigenvalue weighted by Crippen LogP contribution is -2.05. The first-order valence-electron chi connectivity index (χ1n) is 5.79. The predicted octanol–water partition coefficient (Wildman–Crippen LogP) is 3.68. The Labute approximate surface area is 117 Å². The number of carbonyl (C=O) groups excluding carboxylic acids is 1. The molecule has 100 valence electrons. The number of ether oxygens (including phenoxy) is 1. The summed E-state index contributed by atoms with van der Waals surface area (Å²) in [7, 11) is 1.37. The van der Waals surface area contributed by atoms with E-state index in [-0.39, 0.29) is 5.97 Å². The predicted molar refractivity (Wildman–Crippen MR) is 78.9 cm³/mol. The van der Waals surface area contributed by atoms with E-state index in [4.69, 9.17) is 11.6 Å². The highest BCUT2D eigenvalue weighted by molar-refractivity contribution is 7.98. The maximum atomic E-state index is 11.4. The third-order valence-electron chi connectivity index (χ3n) is 2.48. The minimum absolute atomic E-state index is 0.350. The molecule has 3 nitrogen and oxygen atoms in total. The van der Waals surface area contributed by atoms with Crippen LogP contribution < -0.4 is 5.32 Å². The van der Waals surface area contributed by atoms with Gasteiger partial charge in [0, 0.05) is 6.54 Å². The van der Waals surface area contributed by atoms with E-state index < -0.39 is 0 Å². The summed E-state index contributed by atoms with van der Waals surface area (Å²) >= 11 is 7.91. The van der Waals surface area contributed by atoms with Crippen molar-refractivity contribution in [1.82, 2.24) is 0 Å². The fourth-order valence-electron chi connectivity index (χ4n) is 1.50. The average molecular weight is 288 g/mol. The number of nitrogens with one attached hydrogen (secondary N) is 1. The molecular weight excluding hydrogens is 270 g/mol. The van der Waals surface area contributed by atoms with E-state index in [2.05, 4.69) is 16.3 Å². The number of rotatable bonds is 7. The quantitative estimate of drug-likeness (QED) is 0.613. The van der Waals surface area contributed by atoms with Crippen molar-refractivity contribution in [3.8, 4) is 0 Å². The molecule has 0 saturated heterocycles. The zero-order valence-electron chi connectivity index (χ0n) is 10.7. The van der Waals surface area contributed by atoms with Gasteiger partial charge in [-0.15, -0.1) is 0 Å². The van der Waals surface area contributed by atoms with Gasteiger partial charge in [0.05, 0.1) is 23.4 Å². The van der Waals surface area contributed by atoms with Crippen molar-refractivity contribution in [2.45, 2.75) is 12.8 Å². The van der Waals surface area contributed by atoms with Crippen LogP contribution in [0, 0.1) is 0 Å². The molecule has 0 aliphatic heterocycles. The molecule has 0 atom stereocenters. The van der Waals surface area contributed by atoms with Crippen LogP contribution in [-0.4, -0.2) is 31.6 Å². The number of carbonyl (C=O) groups is 1. The van der Waals surface area contributed by atoms with E-state index in [0.717, 1.165) is 24.4 Å². The summed E-state index contributed by atoms with van der Waals surface area (Å²) in [5.41, 5.74) is 1.29. The van der Waals surface area contributed by atoms with Gasteiger partial charge in [-0.3, -0.25) is 0 Å². The summed E-state index contributed by atoms with van der Waals surface area (Å²) in [4.78, 5) is 11.4. The Morgan fingerprint density at radius 2 is 2.22 bits per heavy atom. The maximum absolute atomic E-state index is 11.4. The summed E-state index contributed by atoms with van der Waals surface area (Å²) in [6, 6.07) is 5.09. The number of methoxy groups -OCH3 is 1. The van der Waals surface area contributed by atoms with Crippen LogP contribution in [0.15, 0.2) is 18.2 Å². The largest absolute Gasteiger partial charge is 0.465 e. The first-order chi connectivity index (χ1) is 8.69. The molecule has 1 aromatic rings. The van der Waals surface area contributed by atoms with Crippen molar-refractivity contribution in [2.75, 3.05) is 31.0 Å². The van der Waals surface area contributed by atoms with Gasteiger partial charge < -0.3 is 10.1 Å². The van der Waals surface area contributed by atoms with Crippen molar-refractivity contribution >= 4 is 35.0 Å². The van der Waals surface area contributed by atoms with Gasteiger partial charge >= 0.3 is 5.97 Å². The van der Waals surface area contributed by atoms with Crippen molar-refractivity contribution in [2.24, 2.45) is 0 Å². The van der Waals surface area contributed by atoms with E-state index in [0.29, 0.717) is 10.6 Å². The molecule has 1 rings (SSSR count).